The van der Waals surface area contributed by atoms with Crippen LogP contribution >= 0.6 is 0 Å². The molecule has 1 aromatic heterocycles. The fourth-order valence-electron chi connectivity index (χ4n) is 3.20. The first-order valence-electron chi connectivity index (χ1n) is 8.38. The molecule has 0 saturated carbocycles. The Hall–Kier alpha value is -2.33. The average molecular weight is 399 g/mol. The number of sulfonamides is 1. The van der Waals surface area contributed by atoms with Gasteiger partial charge in [0.05, 0.1) is 0 Å². The van der Waals surface area contributed by atoms with Crippen molar-refractivity contribution in [3.8, 4) is 0 Å². The van der Waals surface area contributed by atoms with Crippen molar-refractivity contribution in [2.24, 2.45) is 5.92 Å². The fourth-order valence-corrected chi connectivity index (χ4v) is 4.96. The number of anilines is 1. The lowest BCUT2D eigenvalue weighted by molar-refractivity contribution is -0.120. The van der Waals surface area contributed by atoms with E-state index in [9.17, 15) is 22.0 Å². The van der Waals surface area contributed by atoms with Crippen LogP contribution in [0.3, 0.4) is 0 Å². The van der Waals surface area contributed by atoms with Crippen LogP contribution in [0.25, 0.3) is 0 Å². The lowest BCUT2D eigenvalue weighted by Gasteiger charge is -2.30. The van der Waals surface area contributed by atoms with Gasteiger partial charge in [-0.1, -0.05) is 5.16 Å². The molecule has 27 heavy (non-hydrogen) atoms. The molecule has 0 bridgehead atoms. The third-order valence-corrected chi connectivity index (χ3v) is 6.66. The first-order valence-corrected chi connectivity index (χ1v) is 9.82. The van der Waals surface area contributed by atoms with E-state index in [-0.39, 0.29) is 29.4 Å². The lowest BCUT2D eigenvalue weighted by Crippen LogP contribution is -2.41. The number of halogens is 2. The van der Waals surface area contributed by atoms with E-state index in [2.05, 4.69) is 10.5 Å². The zero-order valence-corrected chi connectivity index (χ0v) is 15.6. The first-order chi connectivity index (χ1) is 12.7. The Morgan fingerprint density at radius 1 is 1.19 bits per heavy atom. The van der Waals surface area contributed by atoms with Crippen LogP contribution in [0, 0.1) is 31.4 Å². The second-order valence-corrected chi connectivity index (χ2v) is 8.35. The van der Waals surface area contributed by atoms with Crippen LogP contribution < -0.4 is 5.32 Å². The Kier molecular flexibility index (Phi) is 5.29. The highest BCUT2D eigenvalue weighted by Crippen LogP contribution is 2.28. The van der Waals surface area contributed by atoms with Gasteiger partial charge in [-0.2, -0.15) is 4.31 Å². The quantitative estimate of drug-likeness (QED) is 0.853. The van der Waals surface area contributed by atoms with Crippen LogP contribution in [-0.4, -0.2) is 36.9 Å². The number of hydrogen-bond acceptors (Lipinski definition) is 5. The normalized spacial score (nSPS) is 16.4. The van der Waals surface area contributed by atoms with Crippen molar-refractivity contribution in [2.45, 2.75) is 31.6 Å². The second-order valence-electron chi connectivity index (χ2n) is 6.48. The molecule has 1 aromatic carbocycles. The van der Waals surface area contributed by atoms with E-state index in [0.29, 0.717) is 24.6 Å². The maximum absolute atomic E-state index is 13.2. The number of benzene rings is 1. The number of carbonyl (C=O) groups excluding carboxylic acids is 1. The molecular weight excluding hydrogens is 380 g/mol. The number of piperidine rings is 1. The molecule has 2 aromatic rings. The van der Waals surface area contributed by atoms with Crippen molar-refractivity contribution in [3.63, 3.8) is 0 Å². The molecule has 3 rings (SSSR count). The standard InChI is InChI=1S/C17H19F2N3O4S/c1-10-16(11(2)26-21-10)27(24,25)22-5-3-12(4-6-22)17(23)20-15-8-13(18)7-14(19)9-15/h7-9,12H,3-6H2,1-2H3,(H,20,23). The van der Waals surface area contributed by atoms with E-state index in [1.807, 2.05) is 0 Å². The maximum Gasteiger partial charge on any atom is 0.248 e. The van der Waals surface area contributed by atoms with Gasteiger partial charge in [0.25, 0.3) is 0 Å². The SMILES string of the molecule is Cc1noc(C)c1S(=O)(=O)N1CCC(C(=O)Nc2cc(F)cc(F)c2)CC1. The molecule has 146 valence electrons. The van der Waals surface area contributed by atoms with Crippen molar-refractivity contribution < 1.29 is 26.5 Å². The minimum atomic E-state index is -3.75. The molecule has 0 radical (unpaired) electrons. The monoisotopic (exact) mass is 399 g/mol. The Morgan fingerprint density at radius 2 is 1.78 bits per heavy atom. The van der Waals surface area contributed by atoms with Gasteiger partial charge in [-0.15, -0.1) is 0 Å². The Bertz CT molecular complexity index is 927. The molecule has 0 spiro atoms. The van der Waals surface area contributed by atoms with E-state index in [4.69, 9.17) is 4.52 Å². The summed E-state index contributed by atoms with van der Waals surface area (Å²) in [5.41, 5.74) is 0.323. The average Bonchev–Trinajstić information content (AvgIpc) is 2.93. The number of carbonyl (C=O) groups is 1. The second kappa shape index (κ2) is 7.35. The third kappa shape index (κ3) is 4.01. The fraction of sp³-hybridized carbons (Fsp3) is 0.412. The van der Waals surface area contributed by atoms with Crippen molar-refractivity contribution in [1.29, 1.82) is 0 Å². The summed E-state index contributed by atoms with van der Waals surface area (Å²) < 4.78 is 58.2. The van der Waals surface area contributed by atoms with Crippen LogP contribution in [0.4, 0.5) is 14.5 Å². The third-order valence-electron chi connectivity index (χ3n) is 4.52. The summed E-state index contributed by atoms with van der Waals surface area (Å²) in [6, 6.07) is 2.77. The van der Waals surface area contributed by atoms with Gasteiger partial charge in [0, 0.05) is 30.8 Å². The summed E-state index contributed by atoms with van der Waals surface area (Å²) in [5, 5.41) is 6.16. The van der Waals surface area contributed by atoms with Crippen molar-refractivity contribution >= 4 is 21.6 Å². The molecule has 1 N–H and O–H groups in total. The predicted octanol–water partition coefficient (Wildman–Crippen LogP) is 2.61. The highest BCUT2D eigenvalue weighted by Gasteiger charge is 2.35. The maximum atomic E-state index is 13.2. The van der Waals surface area contributed by atoms with Crippen LogP contribution in [0.15, 0.2) is 27.6 Å². The molecule has 10 heteroatoms. The smallest absolute Gasteiger partial charge is 0.248 e. The molecule has 1 saturated heterocycles. The minimum absolute atomic E-state index is 0.0308. The highest BCUT2D eigenvalue weighted by atomic mass is 32.2. The summed E-state index contributed by atoms with van der Waals surface area (Å²) in [6.45, 7) is 3.40. The Balaban J connectivity index is 1.65. The topological polar surface area (TPSA) is 92.5 Å². The minimum Gasteiger partial charge on any atom is -0.360 e. The number of nitrogens with zero attached hydrogens (tertiary/aromatic N) is 2. The van der Waals surface area contributed by atoms with Gasteiger partial charge < -0.3 is 9.84 Å². The summed E-state index contributed by atoms with van der Waals surface area (Å²) in [6.07, 6.45) is 0.596. The van der Waals surface area contributed by atoms with Crippen molar-refractivity contribution in [3.05, 3.63) is 41.3 Å². The van der Waals surface area contributed by atoms with Crippen LogP contribution in [0.5, 0.6) is 0 Å². The van der Waals surface area contributed by atoms with E-state index in [0.717, 1.165) is 12.1 Å². The van der Waals surface area contributed by atoms with Crippen molar-refractivity contribution in [2.75, 3.05) is 18.4 Å². The van der Waals surface area contributed by atoms with Crippen LogP contribution in [0.2, 0.25) is 0 Å². The molecular formula is C17H19F2N3O4S. The molecule has 2 heterocycles. The van der Waals surface area contributed by atoms with Gasteiger partial charge in [0.2, 0.25) is 15.9 Å². The molecule has 0 aliphatic carbocycles. The summed E-state index contributed by atoms with van der Waals surface area (Å²) in [4.78, 5) is 12.4. The largest absolute Gasteiger partial charge is 0.360 e. The predicted molar refractivity (Wildman–Crippen MR) is 92.4 cm³/mol. The highest BCUT2D eigenvalue weighted by molar-refractivity contribution is 7.89. The van der Waals surface area contributed by atoms with Crippen molar-refractivity contribution in [1.82, 2.24) is 9.46 Å². The zero-order valence-electron chi connectivity index (χ0n) is 14.8. The summed E-state index contributed by atoms with van der Waals surface area (Å²) >= 11 is 0. The van der Waals surface area contributed by atoms with E-state index >= 15 is 0 Å². The van der Waals surface area contributed by atoms with Gasteiger partial charge in [-0.3, -0.25) is 4.79 Å². The molecule has 1 fully saturated rings. The summed E-state index contributed by atoms with van der Waals surface area (Å²) in [7, 11) is -3.75. The van der Waals surface area contributed by atoms with Gasteiger partial charge >= 0.3 is 0 Å². The van der Waals surface area contributed by atoms with Gasteiger partial charge in [0.1, 0.15) is 22.2 Å². The molecule has 7 nitrogen and oxygen atoms in total. The number of nitrogens with one attached hydrogen (secondary N) is 1. The summed E-state index contributed by atoms with van der Waals surface area (Å²) in [5.74, 6) is -2.20. The Morgan fingerprint density at radius 3 is 2.30 bits per heavy atom. The molecule has 1 aliphatic rings. The molecule has 1 amide bonds. The number of aryl methyl sites for hydroxylation is 2. The van der Waals surface area contributed by atoms with E-state index in [1.165, 1.54) is 11.2 Å². The van der Waals surface area contributed by atoms with Crippen LogP contribution in [0.1, 0.15) is 24.3 Å². The van der Waals surface area contributed by atoms with Crippen LogP contribution in [-0.2, 0) is 14.8 Å². The number of aromatic nitrogens is 1. The Labute approximate surface area is 155 Å². The van der Waals surface area contributed by atoms with E-state index < -0.39 is 33.5 Å². The van der Waals surface area contributed by atoms with Gasteiger partial charge in [-0.25, -0.2) is 17.2 Å². The number of rotatable bonds is 4. The zero-order chi connectivity index (χ0) is 19.8. The molecule has 0 unspecified atom stereocenters. The van der Waals surface area contributed by atoms with Gasteiger partial charge in [0.15, 0.2) is 5.76 Å². The molecule has 0 atom stereocenters. The molecule has 1 aliphatic heterocycles. The number of amides is 1. The first kappa shape index (κ1) is 19.4. The van der Waals surface area contributed by atoms with E-state index in [1.54, 1.807) is 6.92 Å². The lowest BCUT2D eigenvalue weighted by atomic mass is 9.97. The van der Waals surface area contributed by atoms with Gasteiger partial charge in [-0.05, 0) is 38.8 Å². The number of hydrogen-bond donors (Lipinski definition) is 1.